The molecule has 0 aliphatic carbocycles. The van der Waals surface area contributed by atoms with Crippen molar-refractivity contribution in [3.8, 4) is 0 Å². The molecule has 20 heavy (non-hydrogen) atoms. The van der Waals surface area contributed by atoms with Gasteiger partial charge in [-0.05, 0) is 42.1 Å². The fourth-order valence-electron chi connectivity index (χ4n) is 2.81. The first kappa shape index (κ1) is 15.1. The molecular weight excluding hydrogens is 242 g/mol. The van der Waals surface area contributed by atoms with Crippen molar-refractivity contribution in [1.82, 2.24) is 5.32 Å². The SMILES string of the molecule is CCCCC(Cc1cccc2ccccc12)NCCC. The average Bonchev–Trinajstić information content (AvgIpc) is 2.50. The van der Waals surface area contributed by atoms with Gasteiger partial charge in [0.15, 0.2) is 0 Å². The molecule has 0 radical (unpaired) electrons. The van der Waals surface area contributed by atoms with Crippen molar-refractivity contribution in [3.63, 3.8) is 0 Å². The average molecular weight is 269 g/mol. The topological polar surface area (TPSA) is 12.0 Å². The molecule has 0 spiro atoms. The number of benzene rings is 2. The summed E-state index contributed by atoms with van der Waals surface area (Å²) < 4.78 is 0. The zero-order chi connectivity index (χ0) is 14.2. The highest BCUT2D eigenvalue weighted by Gasteiger charge is 2.10. The van der Waals surface area contributed by atoms with Gasteiger partial charge >= 0.3 is 0 Å². The number of rotatable bonds is 8. The Labute approximate surface area is 123 Å². The van der Waals surface area contributed by atoms with E-state index < -0.39 is 0 Å². The van der Waals surface area contributed by atoms with Crippen molar-refractivity contribution < 1.29 is 0 Å². The Hall–Kier alpha value is -1.34. The lowest BCUT2D eigenvalue weighted by Gasteiger charge is -2.19. The van der Waals surface area contributed by atoms with Crippen LogP contribution in [0.5, 0.6) is 0 Å². The van der Waals surface area contributed by atoms with E-state index in [-0.39, 0.29) is 0 Å². The van der Waals surface area contributed by atoms with Gasteiger partial charge in [0.05, 0.1) is 0 Å². The summed E-state index contributed by atoms with van der Waals surface area (Å²) in [5, 5.41) is 6.49. The van der Waals surface area contributed by atoms with Gasteiger partial charge in [-0.25, -0.2) is 0 Å². The van der Waals surface area contributed by atoms with Gasteiger partial charge < -0.3 is 5.32 Å². The van der Waals surface area contributed by atoms with E-state index in [9.17, 15) is 0 Å². The van der Waals surface area contributed by atoms with Crippen LogP contribution in [-0.4, -0.2) is 12.6 Å². The second-order valence-corrected chi connectivity index (χ2v) is 5.64. The molecular formula is C19H27N. The molecule has 0 amide bonds. The third kappa shape index (κ3) is 4.08. The number of fused-ring (bicyclic) bond motifs is 1. The molecule has 108 valence electrons. The largest absolute Gasteiger partial charge is 0.314 e. The Kier molecular flexibility index (Phi) is 6.07. The molecule has 2 aromatic rings. The van der Waals surface area contributed by atoms with Crippen molar-refractivity contribution >= 4 is 10.8 Å². The monoisotopic (exact) mass is 269 g/mol. The fraction of sp³-hybridized carbons (Fsp3) is 0.474. The highest BCUT2D eigenvalue weighted by atomic mass is 14.9. The Bertz CT molecular complexity index is 505. The van der Waals surface area contributed by atoms with Gasteiger partial charge in [-0.2, -0.15) is 0 Å². The Balaban J connectivity index is 2.14. The molecule has 1 atom stereocenters. The van der Waals surface area contributed by atoms with E-state index in [1.807, 2.05) is 0 Å². The van der Waals surface area contributed by atoms with Gasteiger partial charge in [-0.1, -0.05) is 69.2 Å². The van der Waals surface area contributed by atoms with Crippen LogP contribution < -0.4 is 5.32 Å². The second kappa shape index (κ2) is 8.06. The van der Waals surface area contributed by atoms with Crippen molar-refractivity contribution in [2.45, 2.75) is 52.0 Å². The third-order valence-corrected chi connectivity index (χ3v) is 3.94. The van der Waals surface area contributed by atoms with E-state index in [0.29, 0.717) is 6.04 Å². The summed E-state index contributed by atoms with van der Waals surface area (Å²) in [6.07, 6.45) is 6.21. The molecule has 0 aliphatic heterocycles. The molecule has 0 bridgehead atoms. The molecule has 0 fully saturated rings. The van der Waals surface area contributed by atoms with Crippen LogP contribution in [-0.2, 0) is 6.42 Å². The van der Waals surface area contributed by atoms with Crippen LogP contribution >= 0.6 is 0 Å². The van der Waals surface area contributed by atoms with Crippen molar-refractivity contribution in [2.24, 2.45) is 0 Å². The Morgan fingerprint density at radius 2 is 1.75 bits per heavy atom. The minimum Gasteiger partial charge on any atom is -0.314 e. The van der Waals surface area contributed by atoms with E-state index >= 15 is 0 Å². The minimum absolute atomic E-state index is 0.612. The summed E-state index contributed by atoms with van der Waals surface area (Å²) in [5.74, 6) is 0. The number of unbranched alkanes of at least 4 members (excludes halogenated alkanes) is 1. The molecule has 0 heterocycles. The summed E-state index contributed by atoms with van der Waals surface area (Å²) in [4.78, 5) is 0. The maximum absolute atomic E-state index is 3.72. The van der Waals surface area contributed by atoms with Crippen LogP contribution in [0.4, 0.5) is 0 Å². The standard InChI is InChI=1S/C19H27N/c1-3-5-12-18(20-14-4-2)15-17-11-8-10-16-9-6-7-13-19(16)17/h6-11,13,18,20H,3-5,12,14-15H2,1-2H3. The highest BCUT2D eigenvalue weighted by molar-refractivity contribution is 5.85. The second-order valence-electron chi connectivity index (χ2n) is 5.64. The Morgan fingerprint density at radius 3 is 2.55 bits per heavy atom. The van der Waals surface area contributed by atoms with Gasteiger partial charge in [0.1, 0.15) is 0 Å². The van der Waals surface area contributed by atoms with Crippen LogP contribution in [0.15, 0.2) is 42.5 Å². The molecule has 1 heteroatoms. The number of nitrogens with one attached hydrogen (secondary N) is 1. The van der Waals surface area contributed by atoms with Gasteiger partial charge in [-0.3, -0.25) is 0 Å². The molecule has 0 aliphatic rings. The first-order valence-electron chi connectivity index (χ1n) is 8.05. The van der Waals surface area contributed by atoms with Crippen LogP contribution in [0.1, 0.15) is 45.1 Å². The van der Waals surface area contributed by atoms with Gasteiger partial charge in [-0.15, -0.1) is 0 Å². The zero-order valence-electron chi connectivity index (χ0n) is 12.9. The van der Waals surface area contributed by atoms with Gasteiger partial charge in [0.25, 0.3) is 0 Å². The quantitative estimate of drug-likeness (QED) is 0.715. The first-order valence-corrected chi connectivity index (χ1v) is 8.05. The first-order chi connectivity index (χ1) is 9.85. The lowest BCUT2D eigenvalue weighted by Crippen LogP contribution is -2.31. The number of hydrogen-bond acceptors (Lipinski definition) is 1. The normalized spacial score (nSPS) is 12.7. The lowest BCUT2D eigenvalue weighted by atomic mass is 9.96. The smallest absolute Gasteiger partial charge is 0.0108 e. The van der Waals surface area contributed by atoms with E-state index in [4.69, 9.17) is 0 Å². The van der Waals surface area contributed by atoms with E-state index in [1.54, 1.807) is 0 Å². The van der Waals surface area contributed by atoms with E-state index in [2.05, 4.69) is 61.6 Å². The maximum atomic E-state index is 3.72. The molecule has 1 nitrogen and oxygen atoms in total. The fourth-order valence-corrected chi connectivity index (χ4v) is 2.81. The van der Waals surface area contributed by atoms with Crippen LogP contribution in [0.25, 0.3) is 10.8 Å². The summed E-state index contributed by atoms with van der Waals surface area (Å²) in [5.41, 5.74) is 1.48. The molecule has 0 saturated carbocycles. The molecule has 1 N–H and O–H groups in total. The Morgan fingerprint density at radius 1 is 0.950 bits per heavy atom. The maximum Gasteiger partial charge on any atom is 0.0108 e. The van der Waals surface area contributed by atoms with Crippen molar-refractivity contribution in [3.05, 3.63) is 48.0 Å². The zero-order valence-corrected chi connectivity index (χ0v) is 12.9. The molecule has 0 aromatic heterocycles. The predicted molar refractivity (Wildman–Crippen MR) is 89.3 cm³/mol. The minimum atomic E-state index is 0.612. The van der Waals surface area contributed by atoms with Crippen LogP contribution in [0, 0.1) is 0 Å². The molecule has 0 saturated heterocycles. The van der Waals surface area contributed by atoms with Gasteiger partial charge in [0, 0.05) is 6.04 Å². The summed E-state index contributed by atoms with van der Waals surface area (Å²) in [6.45, 7) is 5.63. The van der Waals surface area contributed by atoms with Crippen molar-refractivity contribution in [1.29, 1.82) is 0 Å². The molecule has 2 aromatic carbocycles. The number of hydrogen-bond donors (Lipinski definition) is 1. The van der Waals surface area contributed by atoms with Crippen molar-refractivity contribution in [2.75, 3.05) is 6.54 Å². The van der Waals surface area contributed by atoms with E-state index in [0.717, 1.165) is 13.0 Å². The predicted octanol–water partition coefficient (Wildman–Crippen LogP) is 4.94. The van der Waals surface area contributed by atoms with E-state index in [1.165, 1.54) is 42.0 Å². The molecule has 2 rings (SSSR count). The summed E-state index contributed by atoms with van der Waals surface area (Å²) >= 11 is 0. The van der Waals surface area contributed by atoms with Gasteiger partial charge in [0.2, 0.25) is 0 Å². The van der Waals surface area contributed by atoms with Crippen LogP contribution in [0.3, 0.4) is 0 Å². The highest BCUT2D eigenvalue weighted by Crippen LogP contribution is 2.20. The third-order valence-electron chi connectivity index (χ3n) is 3.94. The summed E-state index contributed by atoms with van der Waals surface area (Å²) in [7, 11) is 0. The van der Waals surface area contributed by atoms with Crippen LogP contribution in [0.2, 0.25) is 0 Å². The summed E-state index contributed by atoms with van der Waals surface area (Å²) in [6, 6.07) is 16.0. The molecule has 1 unspecified atom stereocenters. The lowest BCUT2D eigenvalue weighted by molar-refractivity contribution is 0.463.